The number of alkyl halides is 3. The molecule has 24 heavy (non-hydrogen) atoms. The Kier molecular flexibility index (Phi) is 4.86. The molecule has 0 aromatic carbocycles. The molecule has 0 aliphatic carbocycles. The predicted octanol–water partition coefficient (Wildman–Crippen LogP) is 1.87. The topological polar surface area (TPSA) is 85.8 Å². The lowest BCUT2D eigenvalue weighted by atomic mass is 9.96. The first kappa shape index (κ1) is 17.8. The Morgan fingerprint density at radius 2 is 2.04 bits per heavy atom. The molecule has 0 bridgehead atoms. The molecule has 2 amide bonds. The lowest BCUT2D eigenvalue weighted by Crippen LogP contribution is -2.35. The summed E-state index contributed by atoms with van der Waals surface area (Å²) < 4.78 is 38.9. The van der Waals surface area contributed by atoms with Gasteiger partial charge < -0.3 is 20.2 Å². The Morgan fingerprint density at radius 1 is 1.38 bits per heavy atom. The van der Waals surface area contributed by atoms with Crippen molar-refractivity contribution in [1.29, 1.82) is 0 Å². The van der Waals surface area contributed by atoms with Crippen LogP contribution in [0, 0.1) is 11.8 Å². The molecule has 132 valence electrons. The maximum absolute atomic E-state index is 13.0. The Hall–Kier alpha value is -2.52. The van der Waals surface area contributed by atoms with E-state index in [1.54, 1.807) is 19.0 Å². The second kappa shape index (κ2) is 6.54. The van der Waals surface area contributed by atoms with Gasteiger partial charge in [0.1, 0.15) is 0 Å². The summed E-state index contributed by atoms with van der Waals surface area (Å²) in [6.07, 6.45) is -1.74. The molecule has 1 aliphatic heterocycles. The van der Waals surface area contributed by atoms with Crippen molar-refractivity contribution in [2.24, 2.45) is 11.8 Å². The van der Waals surface area contributed by atoms with E-state index in [1.807, 2.05) is 0 Å². The molecule has 0 unspecified atom stereocenters. The van der Waals surface area contributed by atoms with Gasteiger partial charge in [0.15, 0.2) is 0 Å². The third-order valence-corrected chi connectivity index (χ3v) is 3.87. The summed E-state index contributed by atoms with van der Waals surface area (Å²) in [4.78, 5) is 29.8. The number of nitrogens with zero attached hydrogens (tertiary/aromatic N) is 3. The highest BCUT2D eigenvalue weighted by molar-refractivity contribution is 5.93. The number of pyridine rings is 1. The second-order valence-corrected chi connectivity index (χ2v) is 5.72. The minimum absolute atomic E-state index is 0.377. The largest absolute Gasteiger partial charge is 0.481 e. The molecule has 0 spiro atoms. The third kappa shape index (κ3) is 3.69. The van der Waals surface area contributed by atoms with Gasteiger partial charge in [0.25, 0.3) is 0 Å². The molecule has 0 saturated carbocycles. The molecule has 1 aliphatic rings. The standard InChI is InChI=1S/C14H17F3N4O3/c1-20(2)11-5-18-4-3-10(11)19-13(24)21-6-8(12(22)23)9(7-21)14(15,16)17/h3-5,8-9H,6-7H2,1-2H3,(H,22,23)(H,18,19,24)/t8-,9-/m1/s1. The molecular formula is C14H17F3N4O3. The summed E-state index contributed by atoms with van der Waals surface area (Å²) in [6.45, 7) is -1.18. The molecule has 1 fully saturated rings. The summed E-state index contributed by atoms with van der Waals surface area (Å²) in [7, 11) is 3.45. The van der Waals surface area contributed by atoms with E-state index in [4.69, 9.17) is 5.11 Å². The molecule has 2 N–H and O–H groups in total. The molecule has 1 saturated heterocycles. The summed E-state index contributed by atoms with van der Waals surface area (Å²) in [6, 6.07) is 0.737. The maximum Gasteiger partial charge on any atom is 0.394 e. The molecule has 1 aromatic rings. The van der Waals surface area contributed by atoms with Gasteiger partial charge in [-0.25, -0.2) is 4.79 Å². The number of hydrogen-bond donors (Lipinski definition) is 2. The zero-order valence-electron chi connectivity index (χ0n) is 13.0. The fourth-order valence-electron chi connectivity index (χ4n) is 2.59. The van der Waals surface area contributed by atoms with Crippen molar-refractivity contribution in [3.05, 3.63) is 18.5 Å². The predicted molar refractivity (Wildman–Crippen MR) is 79.8 cm³/mol. The average Bonchev–Trinajstić information content (AvgIpc) is 2.93. The van der Waals surface area contributed by atoms with Crippen LogP contribution in [0.1, 0.15) is 0 Å². The number of hydrogen-bond acceptors (Lipinski definition) is 4. The number of amides is 2. The normalized spacial score (nSPS) is 20.8. The van der Waals surface area contributed by atoms with Crippen molar-refractivity contribution >= 4 is 23.4 Å². The van der Waals surface area contributed by atoms with Crippen molar-refractivity contribution in [3.8, 4) is 0 Å². The minimum Gasteiger partial charge on any atom is -0.481 e. The number of carbonyl (C=O) groups excluding carboxylic acids is 1. The molecule has 1 aromatic heterocycles. The lowest BCUT2D eigenvalue weighted by Gasteiger charge is -2.21. The van der Waals surface area contributed by atoms with Gasteiger partial charge in [-0.05, 0) is 6.07 Å². The lowest BCUT2D eigenvalue weighted by molar-refractivity contribution is -0.187. The van der Waals surface area contributed by atoms with E-state index in [0.29, 0.717) is 11.4 Å². The highest BCUT2D eigenvalue weighted by Gasteiger charge is 2.53. The number of aliphatic carboxylic acids is 1. The van der Waals surface area contributed by atoms with Crippen molar-refractivity contribution in [3.63, 3.8) is 0 Å². The number of carboxylic acid groups (broad SMARTS) is 1. The van der Waals surface area contributed by atoms with E-state index in [2.05, 4.69) is 10.3 Å². The van der Waals surface area contributed by atoms with E-state index in [0.717, 1.165) is 4.90 Å². The number of nitrogens with one attached hydrogen (secondary N) is 1. The Labute approximate surface area is 136 Å². The van der Waals surface area contributed by atoms with Gasteiger partial charge in [-0.3, -0.25) is 9.78 Å². The van der Waals surface area contributed by atoms with Gasteiger partial charge in [-0.1, -0.05) is 0 Å². The second-order valence-electron chi connectivity index (χ2n) is 5.72. The van der Waals surface area contributed by atoms with Crippen molar-refractivity contribution < 1.29 is 27.9 Å². The van der Waals surface area contributed by atoms with Gasteiger partial charge in [-0.2, -0.15) is 13.2 Å². The SMILES string of the molecule is CN(C)c1cnccc1NC(=O)N1C[C@@H](C(F)(F)F)[C@H](C(=O)O)C1. The van der Waals surface area contributed by atoms with Gasteiger partial charge >= 0.3 is 18.2 Å². The fourth-order valence-corrected chi connectivity index (χ4v) is 2.59. The first-order valence-corrected chi connectivity index (χ1v) is 7.08. The Bertz CT molecular complexity index is 636. The van der Waals surface area contributed by atoms with E-state index < -0.39 is 43.1 Å². The van der Waals surface area contributed by atoms with Crippen LogP contribution in [0.3, 0.4) is 0 Å². The fraction of sp³-hybridized carbons (Fsp3) is 0.500. The average molecular weight is 346 g/mol. The zero-order valence-corrected chi connectivity index (χ0v) is 13.0. The van der Waals surface area contributed by atoms with Crippen molar-refractivity contribution in [1.82, 2.24) is 9.88 Å². The van der Waals surface area contributed by atoms with Crippen LogP contribution in [-0.2, 0) is 4.79 Å². The number of urea groups is 1. The zero-order chi connectivity index (χ0) is 18.1. The summed E-state index contributed by atoms with van der Waals surface area (Å²) in [5, 5.41) is 11.5. The van der Waals surface area contributed by atoms with Crippen molar-refractivity contribution in [2.75, 3.05) is 37.4 Å². The van der Waals surface area contributed by atoms with Crippen LogP contribution in [0.4, 0.5) is 29.3 Å². The molecule has 0 radical (unpaired) electrons. The smallest absolute Gasteiger partial charge is 0.394 e. The number of anilines is 2. The van der Waals surface area contributed by atoms with Crippen LogP contribution in [0.2, 0.25) is 0 Å². The van der Waals surface area contributed by atoms with Crippen LogP contribution >= 0.6 is 0 Å². The van der Waals surface area contributed by atoms with E-state index >= 15 is 0 Å². The molecule has 2 atom stereocenters. The Morgan fingerprint density at radius 3 is 2.54 bits per heavy atom. The van der Waals surface area contributed by atoms with Crippen molar-refractivity contribution in [2.45, 2.75) is 6.18 Å². The number of likely N-dealkylation sites (tertiary alicyclic amines) is 1. The molecule has 10 heteroatoms. The number of halogens is 3. The Balaban J connectivity index is 2.16. The van der Waals surface area contributed by atoms with Crippen LogP contribution in [0.25, 0.3) is 0 Å². The summed E-state index contributed by atoms with van der Waals surface area (Å²) in [5.74, 6) is -5.31. The number of carboxylic acids is 1. The van der Waals surface area contributed by atoms with Gasteiger partial charge in [0, 0.05) is 33.4 Å². The number of rotatable bonds is 3. The van der Waals surface area contributed by atoms with Gasteiger partial charge in [0.2, 0.25) is 0 Å². The quantitative estimate of drug-likeness (QED) is 0.873. The van der Waals surface area contributed by atoms with Crippen LogP contribution < -0.4 is 10.2 Å². The first-order valence-electron chi connectivity index (χ1n) is 7.08. The van der Waals surface area contributed by atoms with Crippen LogP contribution in [0.5, 0.6) is 0 Å². The van der Waals surface area contributed by atoms with E-state index in [-0.39, 0.29) is 0 Å². The third-order valence-electron chi connectivity index (χ3n) is 3.87. The van der Waals surface area contributed by atoms with Gasteiger partial charge in [0.05, 0.1) is 29.4 Å². The van der Waals surface area contributed by atoms with Gasteiger partial charge in [-0.15, -0.1) is 0 Å². The minimum atomic E-state index is -4.68. The van der Waals surface area contributed by atoms with E-state index in [1.165, 1.54) is 18.5 Å². The summed E-state index contributed by atoms with van der Waals surface area (Å²) in [5.41, 5.74) is 0.953. The molecule has 2 rings (SSSR count). The molecular weight excluding hydrogens is 329 g/mol. The first-order chi connectivity index (χ1) is 11.1. The highest BCUT2D eigenvalue weighted by atomic mass is 19.4. The molecule has 2 heterocycles. The highest BCUT2D eigenvalue weighted by Crippen LogP contribution is 2.38. The maximum atomic E-state index is 13.0. The van der Waals surface area contributed by atoms with Crippen LogP contribution in [-0.4, -0.2) is 60.4 Å². The number of aromatic nitrogens is 1. The summed E-state index contributed by atoms with van der Waals surface area (Å²) >= 11 is 0. The molecule has 7 nitrogen and oxygen atoms in total. The number of carbonyl (C=O) groups is 2. The monoisotopic (exact) mass is 346 g/mol. The van der Waals surface area contributed by atoms with E-state index in [9.17, 15) is 22.8 Å². The van der Waals surface area contributed by atoms with Crippen LogP contribution in [0.15, 0.2) is 18.5 Å².